The lowest BCUT2D eigenvalue weighted by Crippen LogP contribution is -2.65. The Bertz CT molecular complexity index is 1440. The summed E-state index contributed by atoms with van der Waals surface area (Å²) < 4.78 is 48.9. The fraction of sp³-hybridized carbons (Fsp3) is 0.775. The molecular weight excluding hydrogens is 688 g/mol. The maximum absolute atomic E-state index is 13.6. The van der Waals surface area contributed by atoms with Crippen LogP contribution in [0, 0.1) is 38.9 Å². The zero-order valence-electron chi connectivity index (χ0n) is 34.4. The molecule has 3 rings (SSSR count). The summed E-state index contributed by atoms with van der Waals surface area (Å²) in [6, 6.07) is 0. The van der Waals surface area contributed by atoms with Crippen LogP contribution in [0.2, 0.25) is 0 Å². The van der Waals surface area contributed by atoms with Crippen LogP contribution in [0.15, 0.2) is 24.0 Å². The highest BCUT2D eigenvalue weighted by atomic mass is 16.8. The maximum atomic E-state index is 13.6. The fourth-order valence-corrected chi connectivity index (χ4v) is 5.37. The molecule has 1 fully saturated rings. The Kier molecular flexibility index (Phi) is 13.0. The van der Waals surface area contributed by atoms with Crippen molar-refractivity contribution in [1.82, 2.24) is 0 Å². The van der Waals surface area contributed by atoms with Crippen LogP contribution in [-0.4, -0.2) is 79.6 Å². The van der Waals surface area contributed by atoms with Gasteiger partial charge < -0.3 is 37.9 Å². The van der Waals surface area contributed by atoms with E-state index in [2.05, 4.69) is 0 Å². The van der Waals surface area contributed by atoms with Gasteiger partial charge in [0.2, 0.25) is 12.6 Å². The van der Waals surface area contributed by atoms with Gasteiger partial charge in [-0.2, -0.15) is 0 Å². The van der Waals surface area contributed by atoms with E-state index >= 15 is 0 Å². The van der Waals surface area contributed by atoms with E-state index < -0.39 is 107 Å². The van der Waals surface area contributed by atoms with Crippen molar-refractivity contribution >= 4 is 29.8 Å². The van der Waals surface area contributed by atoms with Gasteiger partial charge in [0.15, 0.2) is 18.3 Å². The Morgan fingerprint density at radius 2 is 1.02 bits per heavy atom. The van der Waals surface area contributed by atoms with E-state index in [1.165, 1.54) is 6.26 Å². The number of esters is 5. The Labute approximate surface area is 314 Å². The van der Waals surface area contributed by atoms with Crippen molar-refractivity contribution in [3.8, 4) is 0 Å². The van der Waals surface area contributed by atoms with Crippen LogP contribution in [0.4, 0.5) is 0 Å². The number of hydrogen-bond donors (Lipinski definition) is 0. The van der Waals surface area contributed by atoms with Gasteiger partial charge >= 0.3 is 29.8 Å². The predicted octanol–water partition coefficient (Wildman–Crippen LogP) is 6.21. The molecule has 300 valence electrons. The molecule has 0 bridgehead atoms. The lowest BCUT2D eigenvalue weighted by atomic mass is 9.88. The highest BCUT2D eigenvalue weighted by molar-refractivity contribution is 5.78. The van der Waals surface area contributed by atoms with E-state index in [9.17, 15) is 24.0 Å². The van der Waals surface area contributed by atoms with Crippen LogP contribution in [0.25, 0.3) is 0 Å². The quantitative estimate of drug-likeness (QED) is 0.157. The number of carbonyl (C=O) groups excluding carboxylic acids is 5. The third-order valence-corrected chi connectivity index (χ3v) is 8.83. The number of carbonyl (C=O) groups is 5. The zero-order chi connectivity index (χ0) is 40.6. The van der Waals surface area contributed by atoms with Gasteiger partial charge in [-0.3, -0.25) is 24.0 Å². The van der Waals surface area contributed by atoms with Crippen molar-refractivity contribution in [2.24, 2.45) is 38.9 Å². The normalized spacial score (nSPS) is 29.2. The first-order chi connectivity index (χ1) is 23.9. The van der Waals surface area contributed by atoms with Crippen molar-refractivity contribution < 1.29 is 61.9 Å². The van der Waals surface area contributed by atoms with Gasteiger partial charge in [-0.15, -0.1) is 0 Å². The van der Waals surface area contributed by atoms with Crippen molar-refractivity contribution in [3.05, 3.63) is 24.0 Å². The standard InChI is InChI=1S/C40H62O13/c1-21-19-23(49-32(42)37(5,6)7)22-17-18-46-29(25(21)22)53-30-28(52-35(45)40(14,15)16)27(51-34(44)39(11,12)13)26(50-33(43)38(8,9)10)24(48-30)20-47-31(41)36(2,3)4/h17-19,22-30H,20H2,1-16H3/t22-,23+,24+,25+,26+,27-,28+,29-,30-/m0/s1. The summed E-state index contributed by atoms with van der Waals surface area (Å²) in [7, 11) is 0. The lowest BCUT2D eigenvalue weighted by molar-refractivity contribution is -0.344. The molecule has 0 radical (unpaired) electrons. The minimum Gasteiger partial charge on any atom is -0.472 e. The average Bonchev–Trinajstić information content (AvgIpc) is 3.31. The molecule has 1 aliphatic carbocycles. The summed E-state index contributed by atoms with van der Waals surface area (Å²) >= 11 is 0. The average molecular weight is 751 g/mol. The molecule has 1 saturated heterocycles. The first kappa shape index (κ1) is 44.0. The van der Waals surface area contributed by atoms with E-state index in [-0.39, 0.29) is 11.9 Å². The van der Waals surface area contributed by atoms with Crippen LogP contribution < -0.4 is 0 Å². The lowest BCUT2D eigenvalue weighted by Gasteiger charge is -2.47. The van der Waals surface area contributed by atoms with Gasteiger partial charge in [0.05, 0.1) is 39.3 Å². The molecule has 2 aliphatic heterocycles. The van der Waals surface area contributed by atoms with Crippen molar-refractivity contribution in [1.29, 1.82) is 0 Å². The molecule has 53 heavy (non-hydrogen) atoms. The highest BCUT2D eigenvalue weighted by Crippen LogP contribution is 2.43. The molecular formula is C40H62O13. The predicted molar refractivity (Wildman–Crippen MR) is 192 cm³/mol. The molecule has 0 saturated carbocycles. The summed E-state index contributed by atoms with van der Waals surface area (Å²) in [6.45, 7) is 26.7. The Hall–Kier alpha value is -3.45. The fourth-order valence-electron chi connectivity index (χ4n) is 5.37. The molecule has 0 spiro atoms. The second-order valence-electron chi connectivity index (χ2n) is 19.4. The van der Waals surface area contributed by atoms with Crippen LogP contribution in [0.5, 0.6) is 0 Å². The van der Waals surface area contributed by atoms with Crippen molar-refractivity contribution in [3.63, 3.8) is 0 Å². The van der Waals surface area contributed by atoms with Gasteiger partial charge in [-0.25, -0.2) is 0 Å². The maximum Gasteiger partial charge on any atom is 0.311 e. The minimum absolute atomic E-state index is 0.363. The van der Waals surface area contributed by atoms with Gasteiger partial charge in [-0.05, 0) is 123 Å². The van der Waals surface area contributed by atoms with Crippen molar-refractivity contribution in [2.45, 2.75) is 154 Å². The number of hydrogen-bond acceptors (Lipinski definition) is 13. The van der Waals surface area contributed by atoms with Crippen LogP contribution in [-0.2, 0) is 61.9 Å². The Morgan fingerprint density at radius 3 is 1.49 bits per heavy atom. The largest absolute Gasteiger partial charge is 0.472 e. The number of fused-ring (bicyclic) bond motifs is 1. The van der Waals surface area contributed by atoms with E-state index in [0.29, 0.717) is 0 Å². The molecule has 9 atom stereocenters. The third kappa shape index (κ3) is 11.1. The number of rotatable bonds is 8. The Balaban J connectivity index is 2.14. The van der Waals surface area contributed by atoms with E-state index in [1.807, 2.05) is 13.0 Å². The molecule has 2 heterocycles. The van der Waals surface area contributed by atoms with Crippen LogP contribution >= 0.6 is 0 Å². The van der Waals surface area contributed by atoms with Gasteiger partial charge in [0.1, 0.15) is 18.8 Å². The molecule has 0 unspecified atom stereocenters. The molecule has 3 aliphatic rings. The minimum atomic E-state index is -1.50. The summed E-state index contributed by atoms with van der Waals surface area (Å²) in [5.74, 6) is -3.79. The third-order valence-electron chi connectivity index (χ3n) is 8.83. The molecule has 0 aromatic carbocycles. The Morgan fingerprint density at radius 1 is 0.585 bits per heavy atom. The van der Waals surface area contributed by atoms with Crippen LogP contribution in [0.3, 0.4) is 0 Å². The summed E-state index contributed by atoms with van der Waals surface area (Å²) in [5.41, 5.74) is -3.87. The summed E-state index contributed by atoms with van der Waals surface area (Å²) in [5, 5.41) is 0. The monoisotopic (exact) mass is 750 g/mol. The molecule has 0 aromatic heterocycles. The first-order valence-corrected chi connectivity index (χ1v) is 18.3. The zero-order valence-corrected chi connectivity index (χ0v) is 34.4. The number of ether oxygens (including phenoxy) is 8. The van der Waals surface area contributed by atoms with E-state index in [0.717, 1.165) is 5.57 Å². The molecule has 13 heteroatoms. The van der Waals surface area contributed by atoms with Crippen molar-refractivity contribution in [2.75, 3.05) is 6.61 Å². The molecule has 0 N–H and O–H groups in total. The van der Waals surface area contributed by atoms with Gasteiger partial charge in [-0.1, -0.05) is 5.57 Å². The van der Waals surface area contributed by atoms with Gasteiger partial charge in [0.25, 0.3) is 0 Å². The smallest absolute Gasteiger partial charge is 0.311 e. The summed E-state index contributed by atoms with van der Waals surface area (Å²) in [6.07, 6.45) is -3.72. The summed E-state index contributed by atoms with van der Waals surface area (Å²) in [4.78, 5) is 66.6. The molecule has 13 nitrogen and oxygen atoms in total. The van der Waals surface area contributed by atoms with E-state index in [1.54, 1.807) is 110 Å². The molecule has 0 aromatic rings. The SMILES string of the molecule is CC1=C[C@@H](OC(=O)C(C)(C)C)[C@@H]2C=CO[C@@H](O[C@@H]3O[C@H](COC(=O)C(C)(C)C)[C@@H](OC(=O)C(C)(C)C)[C@H](OC(=O)C(C)(C)C)[C@H]3OC(=O)C(C)(C)C)[C@H]12. The second kappa shape index (κ2) is 15.7. The highest BCUT2D eigenvalue weighted by Gasteiger charge is 2.57. The van der Waals surface area contributed by atoms with E-state index in [4.69, 9.17) is 37.9 Å². The topological polar surface area (TPSA) is 159 Å². The van der Waals surface area contributed by atoms with Crippen LogP contribution in [0.1, 0.15) is 111 Å². The first-order valence-electron chi connectivity index (χ1n) is 18.3. The van der Waals surface area contributed by atoms with Gasteiger partial charge in [0, 0.05) is 5.92 Å². The molecule has 0 amide bonds. The second-order valence-corrected chi connectivity index (χ2v) is 19.4.